The summed E-state index contributed by atoms with van der Waals surface area (Å²) in [7, 11) is -2.50. The Morgan fingerprint density at radius 2 is 1.61 bits per heavy atom. The van der Waals surface area contributed by atoms with Crippen LogP contribution in [0.15, 0.2) is 53.4 Å². The molecule has 1 atom stereocenters. The molecule has 0 aliphatic rings. The number of methoxy groups -OCH3 is 1. The van der Waals surface area contributed by atoms with E-state index in [0.717, 1.165) is 0 Å². The molecule has 10 heteroatoms. The lowest BCUT2D eigenvalue weighted by Crippen LogP contribution is -2.40. The van der Waals surface area contributed by atoms with Gasteiger partial charge in [-0.25, -0.2) is 8.42 Å². The molecule has 2 N–H and O–H groups in total. The molecule has 1 amide bonds. The van der Waals surface area contributed by atoms with Crippen molar-refractivity contribution >= 4 is 33.4 Å². The Bertz CT molecular complexity index is 1030. The van der Waals surface area contributed by atoms with E-state index in [1.165, 1.54) is 50.4 Å². The quantitative estimate of drug-likeness (QED) is 0.421. The molecule has 0 aromatic heterocycles. The van der Waals surface area contributed by atoms with Crippen molar-refractivity contribution in [1.29, 1.82) is 0 Å². The lowest BCUT2D eigenvalue weighted by molar-refractivity contribution is -0.144. The van der Waals surface area contributed by atoms with Crippen molar-refractivity contribution in [1.82, 2.24) is 4.72 Å². The molecule has 0 aliphatic heterocycles. The highest BCUT2D eigenvalue weighted by molar-refractivity contribution is 7.89. The van der Waals surface area contributed by atoms with E-state index in [1.54, 1.807) is 19.1 Å². The number of anilines is 1. The molecule has 0 unspecified atom stereocenters. The normalized spacial score (nSPS) is 12.0. The number of hydrogen-bond donors (Lipinski definition) is 2. The largest absolute Gasteiger partial charge is 0.497 e. The van der Waals surface area contributed by atoms with E-state index in [9.17, 15) is 22.8 Å². The maximum Gasteiger partial charge on any atom is 0.324 e. The summed E-state index contributed by atoms with van der Waals surface area (Å²) < 4.78 is 36.9. The number of nitrogens with one attached hydrogen (secondary N) is 2. The molecule has 2 aromatic carbocycles. The van der Waals surface area contributed by atoms with Gasteiger partial charge in [-0.05, 0) is 55.5 Å². The molecule has 31 heavy (non-hydrogen) atoms. The van der Waals surface area contributed by atoms with Gasteiger partial charge >= 0.3 is 5.97 Å². The highest BCUT2D eigenvalue weighted by atomic mass is 32.2. The fourth-order valence-corrected chi connectivity index (χ4v) is 3.63. The average molecular weight is 448 g/mol. The zero-order valence-electron chi connectivity index (χ0n) is 17.4. The number of benzene rings is 2. The summed E-state index contributed by atoms with van der Waals surface area (Å²) in [5.74, 6) is -1.02. The second-order valence-electron chi connectivity index (χ2n) is 6.53. The Hall–Kier alpha value is -3.24. The van der Waals surface area contributed by atoms with Crippen LogP contribution in [0.25, 0.3) is 0 Å². The minimum Gasteiger partial charge on any atom is -0.497 e. The van der Waals surface area contributed by atoms with Crippen LogP contribution < -0.4 is 14.8 Å². The summed E-state index contributed by atoms with van der Waals surface area (Å²) in [5.41, 5.74) is 0.829. The first-order chi connectivity index (χ1) is 14.7. The molecule has 166 valence electrons. The van der Waals surface area contributed by atoms with E-state index in [4.69, 9.17) is 9.47 Å². The van der Waals surface area contributed by atoms with Gasteiger partial charge in [-0.1, -0.05) is 6.92 Å². The molecule has 2 rings (SSSR count). The van der Waals surface area contributed by atoms with Gasteiger partial charge in [0.1, 0.15) is 11.8 Å². The maximum atomic E-state index is 12.4. The molecule has 9 nitrogen and oxygen atoms in total. The van der Waals surface area contributed by atoms with Crippen LogP contribution in [0, 0.1) is 0 Å². The van der Waals surface area contributed by atoms with E-state index < -0.39 is 34.4 Å². The van der Waals surface area contributed by atoms with Crippen LogP contribution in [0.2, 0.25) is 0 Å². The number of amides is 1. The van der Waals surface area contributed by atoms with Gasteiger partial charge in [-0.15, -0.1) is 0 Å². The Morgan fingerprint density at radius 3 is 2.16 bits per heavy atom. The minimum absolute atomic E-state index is 0.0423. The first-order valence-corrected chi connectivity index (χ1v) is 10.9. The van der Waals surface area contributed by atoms with Crippen LogP contribution in [-0.4, -0.2) is 45.8 Å². The van der Waals surface area contributed by atoms with E-state index in [2.05, 4.69) is 10.0 Å². The molecule has 0 fully saturated rings. The number of carbonyl (C=O) groups is 3. The van der Waals surface area contributed by atoms with Gasteiger partial charge < -0.3 is 14.8 Å². The van der Waals surface area contributed by atoms with Gasteiger partial charge in [0.2, 0.25) is 15.9 Å². The molecule has 0 spiro atoms. The number of ketones is 1. The van der Waals surface area contributed by atoms with Crippen molar-refractivity contribution in [3.8, 4) is 5.75 Å². The van der Waals surface area contributed by atoms with E-state index in [-0.39, 0.29) is 16.4 Å². The van der Waals surface area contributed by atoms with E-state index >= 15 is 0 Å². The predicted octanol–water partition coefficient (Wildman–Crippen LogP) is 2.14. The first-order valence-electron chi connectivity index (χ1n) is 9.42. The second kappa shape index (κ2) is 10.7. The zero-order chi connectivity index (χ0) is 23.0. The smallest absolute Gasteiger partial charge is 0.324 e. The number of rotatable bonds is 10. The standard InChI is InChI=1S/C21H24N2O7S/c1-4-20(25)22-16-7-5-15(6-8-16)19(24)13-30-21(26)14(2)23-31(27,28)18-11-9-17(29-3)10-12-18/h5-12,14,23H,4,13H2,1-3H3,(H,22,25)/t14-/m0/s1. The number of hydrogen-bond acceptors (Lipinski definition) is 7. The third-order valence-electron chi connectivity index (χ3n) is 4.21. The molecule has 0 aliphatic carbocycles. The summed E-state index contributed by atoms with van der Waals surface area (Å²) in [6.07, 6.45) is 0.330. The van der Waals surface area contributed by atoms with Gasteiger partial charge in [0.05, 0.1) is 12.0 Å². The fourth-order valence-electron chi connectivity index (χ4n) is 2.44. The summed E-state index contributed by atoms with van der Waals surface area (Å²) >= 11 is 0. The molecule has 0 bridgehead atoms. The van der Waals surface area contributed by atoms with Crippen molar-refractivity contribution in [2.45, 2.75) is 31.2 Å². The van der Waals surface area contributed by atoms with Gasteiger partial charge in [0, 0.05) is 17.7 Å². The Labute approximate surface area is 180 Å². The maximum absolute atomic E-state index is 12.4. The summed E-state index contributed by atoms with van der Waals surface area (Å²) in [6, 6.07) is 10.6. The number of esters is 1. The number of carbonyl (C=O) groups excluding carboxylic acids is 3. The number of Topliss-reactive ketones (excluding diaryl/α,β-unsaturated/α-hetero) is 1. The molecular formula is C21H24N2O7S. The Balaban J connectivity index is 1.90. The Kier molecular flexibility index (Phi) is 8.29. The fraction of sp³-hybridized carbons (Fsp3) is 0.286. The summed E-state index contributed by atoms with van der Waals surface area (Å²) in [5, 5.41) is 2.66. The lowest BCUT2D eigenvalue weighted by Gasteiger charge is -2.14. The second-order valence-corrected chi connectivity index (χ2v) is 8.24. The molecule has 0 heterocycles. The minimum atomic E-state index is -3.96. The highest BCUT2D eigenvalue weighted by Gasteiger charge is 2.24. The Morgan fingerprint density at radius 1 is 1.00 bits per heavy atom. The third-order valence-corrected chi connectivity index (χ3v) is 5.77. The predicted molar refractivity (Wildman–Crippen MR) is 113 cm³/mol. The van der Waals surface area contributed by atoms with Crippen LogP contribution in [0.3, 0.4) is 0 Å². The molecule has 0 radical (unpaired) electrons. The molecule has 0 saturated heterocycles. The van der Waals surface area contributed by atoms with E-state index in [0.29, 0.717) is 17.9 Å². The number of ether oxygens (including phenoxy) is 2. The summed E-state index contributed by atoms with van der Waals surface area (Å²) in [6.45, 7) is 2.49. The van der Waals surface area contributed by atoms with Crippen LogP contribution >= 0.6 is 0 Å². The van der Waals surface area contributed by atoms with Crippen molar-refractivity contribution in [3.05, 3.63) is 54.1 Å². The SMILES string of the molecule is CCC(=O)Nc1ccc(C(=O)COC(=O)[C@H](C)NS(=O)(=O)c2ccc(OC)cc2)cc1. The summed E-state index contributed by atoms with van der Waals surface area (Å²) in [4.78, 5) is 35.7. The van der Waals surface area contributed by atoms with Crippen LogP contribution in [0.5, 0.6) is 5.75 Å². The van der Waals surface area contributed by atoms with Crippen LogP contribution in [0.4, 0.5) is 5.69 Å². The lowest BCUT2D eigenvalue weighted by atomic mass is 10.1. The van der Waals surface area contributed by atoms with Crippen molar-refractivity contribution in [2.75, 3.05) is 19.0 Å². The van der Waals surface area contributed by atoms with E-state index in [1.807, 2.05) is 0 Å². The topological polar surface area (TPSA) is 128 Å². The highest BCUT2D eigenvalue weighted by Crippen LogP contribution is 2.16. The molecule has 0 saturated carbocycles. The van der Waals surface area contributed by atoms with Crippen molar-refractivity contribution < 1.29 is 32.3 Å². The van der Waals surface area contributed by atoms with Crippen LogP contribution in [0.1, 0.15) is 30.6 Å². The zero-order valence-corrected chi connectivity index (χ0v) is 18.2. The number of sulfonamides is 1. The molecule has 2 aromatic rings. The van der Waals surface area contributed by atoms with Gasteiger partial charge in [0.25, 0.3) is 0 Å². The van der Waals surface area contributed by atoms with Crippen LogP contribution in [-0.2, 0) is 24.3 Å². The average Bonchev–Trinajstić information content (AvgIpc) is 2.77. The van der Waals surface area contributed by atoms with Crippen molar-refractivity contribution in [3.63, 3.8) is 0 Å². The van der Waals surface area contributed by atoms with Gasteiger partial charge in [-0.2, -0.15) is 4.72 Å². The van der Waals surface area contributed by atoms with Gasteiger partial charge in [-0.3, -0.25) is 14.4 Å². The molecular weight excluding hydrogens is 424 g/mol. The van der Waals surface area contributed by atoms with Gasteiger partial charge in [0.15, 0.2) is 12.4 Å². The third kappa shape index (κ3) is 6.90. The van der Waals surface area contributed by atoms with Crippen molar-refractivity contribution in [2.24, 2.45) is 0 Å². The monoisotopic (exact) mass is 448 g/mol. The first kappa shape index (κ1) is 24.0.